The first-order valence-corrected chi connectivity index (χ1v) is 12.6. The maximum atomic E-state index is 12.7. The van der Waals surface area contributed by atoms with E-state index in [0.717, 1.165) is 26.7 Å². The van der Waals surface area contributed by atoms with Crippen LogP contribution >= 0.6 is 11.3 Å². The fourth-order valence-corrected chi connectivity index (χ4v) is 5.99. The Hall–Kier alpha value is -2.85. The zero-order valence-electron chi connectivity index (χ0n) is 18.2. The van der Waals surface area contributed by atoms with Crippen LogP contribution in [-0.2, 0) is 14.6 Å². The molecule has 4 rings (SSSR count). The van der Waals surface area contributed by atoms with Gasteiger partial charge >= 0.3 is 0 Å². The molecule has 1 aromatic heterocycles. The van der Waals surface area contributed by atoms with Gasteiger partial charge in [0.2, 0.25) is 5.91 Å². The molecule has 3 aromatic rings. The number of hydrogen-bond acceptors (Lipinski definition) is 8. The first kappa shape index (κ1) is 22.3. The van der Waals surface area contributed by atoms with Crippen LogP contribution < -0.4 is 14.4 Å². The van der Waals surface area contributed by atoms with Crippen LogP contribution in [0.1, 0.15) is 5.56 Å². The number of nitrogens with zero attached hydrogens (tertiary/aromatic N) is 3. The second-order valence-corrected chi connectivity index (χ2v) is 10.6. The lowest BCUT2D eigenvalue weighted by Crippen LogP contribution is -2.50. The van der Waals surface area contributed by atoms with Gasteiger partial charge in [-0.05, 0) is 31.2 Å². The van der Waals surface area contributed by atoms with Crippen molar-refractivity contribution in [2.45, 2.75) is 11.8 Å². The third kappa shape index (κ3) is 4.37. The minimum atomic E-state index is -3.67. The lowest BCUT2D eigenvalue weighted by Gasteiger charge is -2.34. The first-order valence-electron chi connectivity index (χ1n) is 10.2. The number of piperazine rings is 1. The molecule has 0 saturated carbocycles. The lowest BCUT2D eigenvalue weighted by atomic mass is 10.2. The van der Waals surface area contributed by atoms with Crippen LogP contribution in [0.15, 0.2) is 41.3 Å². The van der Waals surface area contributed by atoms with Crippen molar-refractivity contribution in [3.63, 3.8) is 0 Å². The SMILES string of the molecule is COc1ccc(OC)c2sc(N3CCN(C(=O)CS(=O)(=O)c4ccc(C)cc4)CC3)nc12. The Kier molecular flexibility index (Phi) is 6.25. The molecule has 0 aliphatic carbocycles. The summed E-state index contributed by atoms with van der Waals surface area (Å²) in [5.41, 5.74) is 1.71. The van der Waals surface area contributed by atoms with E-state index in [4.69, 9.17) is 14.5 Å². The molecule has 10 heteroatoms. The van der Waals surface area contributed by atoms with Crippen LogP contribution in [-0.4, -0.2) is 70.4 Å². The molecule has 2 aromatic carbocycles. The molecule has 1 aliphatic heterocycles. The summed E-state index contributed by atoms with van der Waals surface area (Å²) in [5, 5.41) is 0.821. The minimum absolute atomic E-state index is 0.174. The molecule has 8 nitrogen and oxygen atoms in total. The average Bonchev–Trinajstić information content (AvgIpc) is 3.24. The van der Waals surface area contributed by atoms with Crippen molar-refractivity contribution in [2.75, 3.05) is 51.1 Å². The number of amides is 1. The molecule has 170 valence electrons. The predicted molar refractivity (Wildman–Crippen MR) is 125 cm³/mol. The van der Waals surface area contributed by atoms with Crippen LogP contribution in [0.3, 0.4) is 0 Å². The third-order valence-corrected chi connectivity index (χ3v) is 8.24. The number of methoxy groups -OCH3 is 2. The largest absolute Gasteiger partial charge is 0.495 e. The fraction of sp³-hybridized carbons (Fsp3) is 0.364. The zero-order valence-corrected chi connectivity index (χ0v) is 19.8. The first-order chi connectivity index (χ1) is 15.3. The third-order valence-electron chi connectivity index (χ3n) is 5.50. The monoisotopic (exact) mass is 475 g/mol. The zero-order chi connectivity index (χ0) is 22.9. The number of aromatic nitrogens is 1. The van der Waals surface area contributed by atoms with Crippen LogP contribution in [0.25, 0.3) is 10.2 Å². The van der Waals surface area contributed by atoms with E-state index in [2.05, 4.69) is 4.90 Å². The Balaban J connectivity index is 1.44. The number of thiazole rings is 1. The summed E-state index contributed by atoms with van der Waals surface area (Å²) >= 11 is 1.51. The molecule has 0 radical (unpaired) electrons. The van der Waals surface area contributed by atoms with Crippen LogP contribution in [0.2, 0.25) is 0 Å². The van der Waals surface area contributed by atoms with Gasteiger partial charge in [-0.1, -0.05) is 29.0 Å². The van der Waals surface area contributed by atoms with Crippen molar-refractivity contribution < 1.29 is 22.7 Å². The highest BCUT2D eigenvalue weighted by Gasteiger charge is 2.28. The quantitative estimate of drug-likeness (QED) is 0.542. The number of rotatable bonds is 6. The fourth-order valence-electron chi connectivity index (χ4n) is 3.64. The molecule has 0 spiro atoms. The molecule has 1 aliphatic rings. The van der Waals surface area contributed by atoms with Crippen molar-refractivity contribution in [3.8, 4) is 11.5 Å². The molecule has 1 saturated heterocycles. The molecule has 0 unspecified atom stereocenters. The second-order valence-electron chi connectivity index (χ2n) is 7.58. The summed E-state index contributed by atoms with van der Waals surface area (Å²) in [5.74, 6) is 0.516. The standard InChI is InChI=1S/C22H25N3O5S2/c1-15-4-6-16(7-5-15)32(27,28)14-19(26)24-10-12-25(13-11-24)22-23-20-17(29-2)8-9-18(30-3)21(20)31-22/h4-9H,10-14H2,1-3H3. The van der Waals surface area contributed by atoms with Gasteiger partial charge in [-0.3, -0.25) is 4.79 Å². The number of ether oxygens (including phenoxy) is 2. The smallest absolute Gasteiger partial charge is 0.238 e. The Labute approximate surface area is 191 Å². The molecule has 2 heterocycles. The van der Waals surface area contributed by atoms with Crippen molar-refractivity contribution in [3.05, 3.63) is 42.0 Å². The van der Waals surface area contributed by atoms with Gasteiger partial charge in [0.25, 0.3) is 0 Å². The van der Waals surface area contributed by atoms with Crippen molar-refractivity contribution in [2.24, 2.45) is 0 Å². The summed E-state index contributed by atoms with van der Waals surface area (Å²) < 4.78 is 37.0. The van der Waals surface area contributed by atoms with E-state index >= 15 is 0 Å². The van der Waals surface area contributed by atoms with Crippen LogP contribution in [0.5, 0.6) is 11.5 Å². The molecule has 1 amide bonds. The topological polar surface area (TPSA) is 89.0 Å². The van der Waals surface area contributed by atoms with E-state index in [9.17, 15) is 13.2 Å². The normalized spacial score (nSPS) is 14.6. The molecular weight excluding hydrogens is 450 g/mol. The number of aryl methyl sites for hydroxylation is 1. The minimum Gasteiger partial charge on any atom is -0.495 e. The molecule has 1 fully saturated rings. The van der Waals surface area contributed by atoms with Crippen molar-refractivity contribution >= 4 is 42.4 Å². The molecule has 0 bridgehead atoms. The Morgan fingerprint density at radius 3 is 2.25 bits per heavy atom. The highest BCUT2D eigenvalue weighted by molar-refractivity contribution is 7.92. The van der Waals surface area contributed by atoms with E-state index in [-0.39, 0.29) is 10.8 Å². The van der Waals surface area contributed by atoms with Gasteiger partial charge in [-0.15, -0.1) is 0 Å². The molecule has 0 atom stereocenters. The number of anilines is 1. The maximum Gasteiger partial charge on any atom is 0.238 e. The molecule has 0 N–H and O–H groups in total. The van der Waals surface area contributed by atoms with Gasteiger partial charge in [0, 0.05) is 26.2 Å². The lowest BCUT2D eigenvalue weighted by molar-refractivity contribution is -0.128. The summed E-state index contributed by atoms with van der Waals surface area (Å²) in [6.07, 6.45) is 0. The highest BCUT2D eigenvalue weighted by atomic mass is 32.2. The van der Waals surface area contributed by atoms with E-state index in [1.54, 1.807) is 43.4 Å². The number of hydrogen-bond donors (Lipinski definition) is 0. The average molecular weight is 476 g/mol. The number of fused-ring (bicyclic) bond motifs is 1. The van der Waals surface area contributed by atoms with Gasteiger partial charge in [-0.25, -0.2) is 13.4 Å². The van der Waals surface area contributed by atoms with Crippen LogP contribution in [0.4, 0.5) is 5.13 Å². The van der Waals surface area contributed by atoms with E-state index in [1.165, 1.54) is 11.3 Å². The number of carbonyl (C=O) groups excluding carboxylic acids is 1. The van der Waals surface area contributed by atoms with E-state index in [0.29, 0.717) is 31.9 Å². The maximum absolute atomic E-state index is 12.7. The highest BCUT2D eigenvalue weighted by Crippen LogP contribution is 2.40. The summed E-state index contributed by atoms with van der Waals surface area (Å²) in [6.45, 7) is 3.90. The van der Waals surface area contributed by atoms with E-state index in [1.807, 2.05) is 19.1 Å². The van der Waals surface area contributed by atoms with Crippen molar-refractivity contribution in [1.29, 1.82) is 0 Å². The Morgan fingerprint density at radius 2 is 1.62 bits per heavy atom. The second kappa shape index (κ2) is 8.95. The van der Waals surface area contributed by atoms with Crippen molar-refractivity contribution in [1.82, 2.24) is 9.88 Å². The summed E-state index contributed by atoms with van der Waals surface area (Å²) in [6, 6.07) is 10.2. The Morgan fingerprint density at radius 1 is 1.00 bits per heavy atom. The summed E-state index contributed by atoms with van der Waals surface area (Å²) in [4.78, 5) is 21.3. The number of sulfone groups is 1. The van der Waals surface area contributed by atoms with E-state index < -0.39 is 15.6 Å². The van der Waals surface area contributed by atoms with Crippen LogP contribution in [0, 0.1) is 6.92 Å². The number of carbonyl (C=O) groups is 1. The van der Waals surface area contributed by atoms with Gasteiger partial charge in [0.05, 0.1) is 19.1 Å². The Bertz CT molecular complexity index is 1190. The molecular formula is C22H25N3O5S2. The molecule has 32 heavy (non-hydrogen) atoms. The predicted octanol–water partition coefficient (Wildman–Crippen LogP) is 2.74. The van der Waals surface area contributed by atoms with Gasteiger partial charge in [0.1, 0.15) is 27.5 Å². The summed E-state index contributed by atoms with van der Waals surface area (Å²) in [7, 11) is -0.440. The van der Waals surface area contributed by atoms with Gasteiger partial charge < -0.3 is 19.3 Å². The number of benzene rings is 2. The van der Waals surface area contributed by atoms with Gasteiger partial charge in [-0.2, -0.15) is 0 Å². The van der Waals surface area contributed by atoms with Gasteiger partial charge in [0.15, 0.2) is 15.0 Å².